The molecule has 10 nitrogen and oxygen atoms in total. The number of carbonyl (C=O) groups excluding carboxylic acids is 1. The van der Waals surface area contributed by atoms with Crippen molar-refractivity contribution in [3.05, 3.63) is 34.5 Å². The molecule has 0 aliphatic heterocycles. The highest BCUT2D eigenvalue weighted by Gasteiger charge is 2.13. The lowest BCUT2D eigenvalue weighted by molar-refractivity contribution is 0.0996. The van der Waals surface area contributed by atoms with Crippen LogP contribution in [0.15, 0.2) is 23.1 Å². The average Bonchev–Trinajstić information content (AvgIpc) is 2.93. The van der Waals surface area contributed by atoms with E-state index in [1.165, 1.54) is 10.9 Å². The maximum Gasteiger partial charge on any atom is 0.364 e. The summed E-state index contributed by atoms with van der Waals surface area (Å²) in [6.45, 7) is 0. The van der Waals surface area contributed by atoms with Crippen molar-refractivity contribution >= 4 is 17.2 Å². The fourth-order valence-electron chi connectivity index (χ4n) is 1.61. The first kappa shape index (κ1) is 11.0. The third kappa shape index (κ3) is 1.62. The Morgan fingerprint density at radius 2 is 2.11 bits per heavy atom. The number of amides is 1. The van der Waals surface area contributed by atoms with Gasteiger partial charge < -0.3 is 11.5 Å². The molecule has 3 heterocycles. The molecular formula is C9H8N8O2. The Hall–Kier alpha value is -3.17. The van der Waals surface area contributed by atoms with Crippen molar-refractivity contribution in [3.63, 3.8) is 0 Å². The van der Waals surface area contributed by atoms with Gasteiger partial charge in [0.15, 0.2) is 17.2 Å². The highest BCUT2D eigenvalue weighted by molar-refractivity contribution is 5.95. The molecule has 10 heteroatoms. The third-order valence-electron chi connectivity index (χ3n) is 2.47. The van der Waals surface area contributed by atoms with Crippen LogP contribution in [0.4, 0.5) is 5.69 Å². The second-order valence-corrected chi connectivity index (χ2v) is 3.73. The predicted molar refractivity (Wildman–Crippen MR) is 63.7 cm³/mol. The molecule has 0 spiro atoms. The molecule has 0 aromatic carbocycles. The smallest absolute Gasteiger partial charge is 0.364 e. The summed E-state index contributed by atoms with van der Waals surface area (Å²) in [4.78, 5) is 22.5. The summed E-state index contributed by atoms with van der Waals surface area (Å²) in [6.07, 6.45) is 1.39. The summed E-state index contributed by atoms with van der Waals surface area (Å²) in [7, 11) is 0. The minimum absolute atomic E-state index is 0.0542. The number of nitrogens with one attached hydrogen (secondary N) is 1. The molecule has 1 amide bonds. The van der Waals surface area contributed by atoms with Gasteiger partial charge in [-0.2, -0.15) is 14.7 Å². The normalized spacial score (nSPS) is 10.9. The minimum atomic E-state index is -0.738. The summed E-state index contributed by atoms with van der Waals surface area (Å²) in [5.41, 5.74) is 10.7. The fourth-order valence-corrected chi connectivity index (χ4v) is 1.61. The van der Waals surface area contributed by atoms with Crippen molar-refractivity contribution in [3.8, 4) is 5.82 Å². The number of nitrogens with two attached hydrogens (primary N) is 2. The number of hydrogen-bond donors (Lipinski definition) is 3. The van der Waals surface area contributed by atoms with Gasteiger partial charge in [0.2, 0.25) is 0 Å². The molecule has 0 unspecified atom stereocenters. The molecule has 5 N–H and O–H groups in total. The fraction of sp³-hybridized carbons (Fsp3) is 0. The summed E-state index contributed by atoms with van der Waals surface area (Å²) in [5.74, 6) is -0.437. The van der Waals surface area contributed by atoms with Gasteiger partial charge in [0.05, 0.1) is 11.9 Å². The Balaban J connectivity index is 2.18. The van der Waals surface area contributed by atoms with Gasteiger partial charge in [-0.05, 0) is 12.1 Å². The Bertz CT molecular complexity index is 841. The molecule has 96 valence electrons. The number of rotatable bonds is 2. The van der Waals surface area contributed by atoms with Crippen molar-refractivity contribution < 1.29 is 4.79 Å². The zero-order valence-corrected chi connectivity index (χ0v) is 9.44. The summed E-state index contributed by atoms with van der Waals surface area (Å²) < 4.78 is 2.32. The SMILES string of the molecule is NC(=O)c1nn(-c2ccc3n[nH]c(=O)n3n2)cc1N. The van der Waals surface area contributed by atoms with E-state index in [1.54, 1.807) is 12.1 Å². The molecular weight excluding hydrogens is 252 g/mol. The zero-order chi connectivity index (χ0) is 13.6. The molecule has 3 rings (SSSR count). The van der Waals surface area contributed by atoms with Crippen LogP contribution in [0.3, 0.4) is 0 Å². The third-order valence-corrected chi connectivity index (χ3v) is 2.47. The predicted octanol–water partition coefficient (Wildman–Crippen LogP) is -1.72. The lowest BCUT2D eigenvalue weighted by Gasteiger charge is -1.99. The highest BCUT2D eigenvalue weighted by atomic mass is 16.2. The number of nitrogens with zero attached hydrogens (tertiary/aromatic N) is 5. The van der Waals surface area contributed by atoms with E-state index in [0.29, 0.717) is 11.5 Å². The van der Waals surface area contributed by atoms with Crippen LogP contribution in [-0.2, 0) is 0 Å². The molecule has 3 aromatic heterocycles. The lowest BCUT2D eigenvalue weighted by atomic mass is 10.4. The highest BCUT2D eigenvalue weighted by Crippen LogP contribution is 2.12. The first-order valence-corrected chi connectivity index (χ1v) is 5.16. The van der Waals surface area contributed by atoms with Crippen molar-refractivity contribution in [2.24, 2.45) is 5.73 Å². The van der Waals surface area contributed by atoms with Gasteiger partial charge in [0.25, 0.3) is 5.91 Å². The number of nitrogen functional groups attached to an aromatic ring is 1. The molecule has 0 aliphatic carbocycles. The van der Waals surface area contributed by atoms with E-state index in [2.05, 4.69) is 20.4 Å². The molecule has 0 radical (unpaired) electrons. The van der Waals surface area contributed by atoms with Crippen LogP contribution in [0.1, 0.15) is 10.5 Å². The minimum Gasteiger partial charge on any atom is -0.396 e. The molecule has 0 atom stereocenters. The Morgan fingerprint density at radius 3 is 2.79 bits per heavy atom. The number of anilines is 1. The number of primary amides is 1. The quantitative estimate of drug-likeness (QED) is 0.499. The number of fused-ring (bicyclic) bond motifs is 1. The van der Waals surface area contributed by atoms with E-state index < -0.39 is 11.6 Å². The summed E-state index contributed by atoms with van der Waals surface area (Å²) in [6, 6.07) is 3.15. The van der Waals surface area contributed by atoms with Crippen LogP contribution >= 0.6 is 0 Å². The lowest BCUT2D eigenvalue weighted by Crippen LogP contribution is -2.15. The second kappa shape index (κ2) is 3.66. The van der Waals surface area contributed by atoms with Crippen LogP contribution in [-0.4, -0.2) is 35.5 Å². The summed E-state index contributed by atoms with van der Waals surface area (Å²) in [5, 5.41) is 13.9. The van der Waals surface area contributed by atoms with Gasteiger partial charge in [-0.1, -0.05) is 0 Å². The average molecular weight is 260 g/mol. The Kier molecular flexibility index (Phi) is 2.11. The van der Waals surface area contributed by atoms with Gasteiger partial charge >= 0.3 is 5.69 Å². The van der Waals surface area contributed by atoms with E-state index in [0.717, 1.165) is 4.52 Å². The van der Waals surface area contributed by atoms with Crippen molar-refractivity contribution in [2.45, 2.75) is 0 Å². The van der Waals surface area contributed by atoms with Crippen molar-refractivity contribution in [1.29, 1.82) is 0 Å². The number of hydrogen-bond acceptors (Lipinski definition) is 6. The number of aromatic amines is 1. The van der Waals surface area contributed by atoms with Gasteiger partial charge in [-0.3, -0.25) is 4.79 Å². The Labute approximate surface area is 104 Å². The molecule has 0 saturated heterocycles. The van der Waals surface area contributed by atoms with E-state index in [9.17, 15) is 9.59 Å². The van der Waals surface area contributed by atoms with Crippen LogP contribution in [0, 0.1) is 0 Å². The van der Waals surface area contributed by atoms with E-state index in [-0.39, 0.29) is 11.4 Å². The van der Waals surface area contributed by atoms with Gasteiger partial charge in [0, 0.05) is 0 Å². The first-order valence-electron chi connectivity index (χ1n) is 5.16. The largest absolute Gasteiger partial charge is 0.396 e. The van der Waals surface area contributed by atoms with Crippen molar-refractivity contribution in [1.82, 2.24) is 29.6 Å². The summed E-state index contributed by atoms with van der Waals surface area (Å²) >= 11 is 0. The Morgan fingerprint density at radius 1 is 1.32 bits per heavy atom. The molecule has 0 saturated carbocycles. The van der Waals surface area contributed by atoms with Crippen LogP contribution < -0.4 is 17.2 Å². The molecule has 0 bridgehead atoms. The van der Waals surface area contributed by atoms with Crippen LogP contribution in [0.5, 0.6) is 0 Å². The number of aromatic nitrogens is 6. The standard InChI is InChI=1S/C9H8N8O2/c10-4-3-16(15-7(4)8(11)18)6-2-1-5-12-13-9(19)17(5)14-6/h1-3H,10H2,(H2,11,18)(H,13,19). The molecule has 3 aromatic rings. The van der Waals surface area contributed by atoms with Gasteiger partial charge in [-0.15, -0.1) is 5.10 Å². The van der Waals surface area contributed by atoms with E-state index in [4.69, 9.17) is 11.5 Å². The molecule has 0 fully saturated rings. The van der Waals surface area contributed by atoms with E-state index >= 15 is 0 Å². The monoisotopic (exact) mass is 260 g/mol. The maximum atomic E-state index is 11.4. The van der Waals surface area contributed by atoms with Gasteiger partial charge in [0.1, 0.15) is 0 Å². The van der Waals surface area contributed by atoms with Crippen molar-refractivity contribution in [2.75, 3.05) is 5.73 Å². The maximum absolute atomic E-state index is 11.4. The van der Waals surface area contributed by atoms with Crippen LogP contribution in [0.2, 0.25) is 0 Å². The first-order chi connectivity index (χ1) is 9.06. The van der Waals surface area contributed by atoms with Crippen LogP contribution in [0.25, 0.3) is 11.5 Å². The molecule has 0 aliphatic rings. The second-order valence-electron chi connectivity index (χ2n) is 3.73. The van der Waals surface area contributed by atoms with Gasteiger partial charge in [-0.25, -0.2) is 14.6 Å². The number of H-pyrrole nitrogens is 1. The van der Waals surface area contributed by atoms with E-state index in [1.807, 2.05) is 0 Å². The number of carbonyl (C=O) groups is 1. The molecule has 19 heavy (non-hydrogen) atoms. The topological polar surface area (TPSA) is 150 Å². The zero-order valence-electron chi connectivity index (χ0n) is 9.44.